The van der Waals surface area contributed by atoms with Gasteiger partial charge in [0.15, 0.2) is 0 Å². The quantitative estimate of drug-likeness (QED) is 0.337. The fraction of sp³-hybridized carbons (Fsp3) is 0.700. The van der Waals surface area contributed by atoms with Crippen molar-refractivity contribution < 1.29 is 5.11 Å². The zero-order valence-electron chi connectivity index (χ0n) is 9.97. The Morgan fingerprint density at radius 1 is 1.47 bits per heavy atom. The zero-order valence-corrected chi connectivity index (χ0v) is 13.1. The third kappa shape index (κ3) is 9.07. The van der Waals surface area contributed by atoms with Gasteiger partial charge in [0.2, 0.25) is 0 Å². The molecule has 0 aliphatic rings. The molecule has 5 heteroatoms. The molecule has 0 unspecified atom stereocenters. The number of nitrogens with one attached hydrogen (secondary N) is 1. The van der Waals surface area contributed by atoms with Crippen LogP contribution < -0.4 is 5.32 Å². The predicted octanol–water partition coefficient (Wildman–Crippen LogP) is 2.18. The van der Waals surface area contributed by atoms with Crippen molar-refractivity contribution in [2.24, 2.45) is 4.99 Å². The normalized spacial score (nSPS) is 14.3. The first-order chi connectivity index (χ1) is 6.89. The molecular formula is C10H21IN2OSi. The van der Waals surface area contributed by atoms with Crippen molar-refractivity contribution in [2.45, 2.75) is 26.6 Å². The lowest BCUT2D eigenvalue weighted by molar-refractivity contribution is 0.329. The highest BCUT2D eigenvalue weighted by atomic mass is 127. The Balaban J connectivity index is 4.24. The van der Waals surface area contributed by atoms with Gasteiger partial charge in [-0.25, -0.2) is 0 Å². The molecule has 0 atom stereocenters. The Morgan fingerprint density at radius 3 is 2.47 bits per heavy atom. The molecule has 0 saturated heterocycles. The van der Waals surface area contributed by atoms with Gasteiger partial charge in [-0.2, -0.15) is 0 Å². The van der Waals surface area contributed by atoms with E-state index in [0.29, 0.717) is 5.70 Å². The molecule has 0 aromatic carbocycles. The van der Waals surface area contributed by atoms with Crippen LogP contribution in [0.3, 0.4) is 0 Å². The number of aliphatic imine (C=N–C) groups is 1. The molecule has 15 heavy (non-hydrogen) atoms. The standard InChI is InChI=1S/C10H21IN2OSi/c1-9(5-11)13-10(7-14)6-12-8-15(2,3)4/h6,12,14H,5,7-8H2,1-4H3/b10-6-,13-9+. The minimum atomic E-state index is -1.07. The Morgan fingerprint density at radius 2 is 2.07 bits per heavy atom. The molecule has 2 N–H and O–H groups in total. The summed E-state index contributed by atoms with van der Waals surface area (Å²) in [5.41, 5.74) is 1.74. The van der Waals surface area contributed by atoms with Crippen molar-refractivity contribution in [1.29, 1.82) is 0 Å². The first-order valence-electron chi connectivity index (χ1n) is 5.02. The van der Waals surface area contributed by atoms with Crippen LogP contribution in [0.25, 0.3) is 0 Å². The molecule has 0 aromatic heterocycles. The summed E-state index contributed by atoms with van der Waals surface area (Å²) in [6, 6.07) is 0. The van der Waals surface area contributed by atoms with Gasteiger partial charge in [-0.05, 0) is 6.92 Å². The summed E-state index contributed by atoms with van der Waals surface area (Å²) in [6.07, 6.45) is 2.84. The van der Waals surface area contributed by atoms with E-state index in [-0.39, 0.29) is 6.61 Å². The highest BCUT2D eigenvalue weighted by Gasteiger charge is 2.10. The fourth-order valence-corrected chi connectivity index (χ4v) is 1.75. The monoisotopic (exact) mass is 340 g/mol. The van der Waals surface area contributed by atoms with Gasteiger partial charge >= 0.3 is 0 Å². The van der Waals surface area contributed by atoms with Crippen LogP contribution in [-0.2, 0) is 0 Å². The molecule has 0 amide bonds. The van der Waals surface area contributed by atoms with E-state index in [1.54, 1.807) is 0 Å². The molecule has 0 fully saturated rings. The van der Waals surface area contributed by atoms with Gasteiger partial charge in [-0.15, -0.1) is 0 Å². The van der Waals surface area contributed by atoms with Crippen molar-refractivity contribution in [3.05, 3.63) is 11.9 Å². The maximum Gasteiger partial charge on any atom is 0.0867 e. The van der Waals surface area contributed by atoms with Crippen LogP contribution in [0.5, 0.6) is 0 Å². The number of hydrogen-bond donors (Lipinski definition) is 2. The van der Waals surface area contributed by atoms with Crippen molar-refractivity contribution in [2.75, 3.05) is 17.2 Å². The van der Waals surface area contributed by atoms with E-state index in [1.807, 2.05) is 13.1 Å². The molecule has 0 heterocycles. The second-order valence-electron chi connectivity index (χ2n) is 4.72. The van der Waals surface area contributed by atoms with Gasteiger partial charge in [0.1, 0.15) is 0 Å². The number of aliphatic hydroxyl groups is 1. The summed E-state index contributed by atoms with van der Waals surface area (Å²) < 4.78 is 0.892. The van der Waals surface area contributed by atoms with E-state index >= 15 is 0 Å². The van der Waals surface area contributed by atoms with Gasteiger partial charge in [0.05, 0.1) is 20.4 Å². The summed E-state index contributed by atoms with van der Waals surface area (Å²) in [5.74, 6) is 0. The number of aliphatic hydroxyl groups excluding tert-OH is 1. The van der Waals surface area contributed by atoms with Crippen LogP contribution in [0.4, 0.5) is 0 Å². The molecule has 0 rings (SSSR count). The number of halogens is 1. The lowest BCUT2D eigenvalue weighted by Crippen LogP contribution is -2.34. The molecule has 3 nitrogen and oxygen atoms in total. The van der Waals surface area contributed by atoms with E-state index in [2.05, 4.69) is 52.5 Å². The predicted molar refractivity (Wildman–Crippen MR) is 78.5 cm³/mol. The largest absolute Gasteiger partial charge is 0.392 e. The molecule has 0 aliphatic heterocycles. The van der Waals surface area contributed by atoms with Crippen LogP contribution in [-0.4, -0.2) is 36.1 Å². The van der Waals surface area contributed by atoms with Crippen molar-refractivity contribution >= 4 is 36.4 Å². The molecule has 0 aliphatic carbocycles. The Kier molecular flexibility index (Phi) is 7.46. The van der Waals surface area contributed by atoms with Crippen LogP contribution in [0, 0.1) is 0 Å². The van der Waals surface area contributed by atoms with Crippen LogP contribution >= 0.6 is 22.6 Å². The molecule has 88 valence electrons. The smallest absolute Gasteiger partial charge is 0.0867 e. The number of hydrogen-bond acceptors (Lipinski definition) is 3. The average Bonchev–Trinajstić information content (AvgIpc) is 2.14. The lowest BCUT2D eigenvalue weighted by atomic mass is 10.4. The molecule has 0 saturated carbocycles. The number of alkyl halides is 1. The van der Waals surface area contributed by atoms with E-state index in [9.17, 15) is 0 Å². The highest BCUT2D eigenvalue weighted by molar-refractivity contribution is 14.1. The first kappa shape index (κ1) is 15.1. The second-order valence-corrected chi connectivity index (χ2v) is 11.0. The van der Waals surface area contributed by atoms with E-state index in [4.69, 9.17) is 5.11 Å². The summed E-state index contributed by atoms with van der Waals surface area (Å²) in [6.45, 7) is 8.85. The minimum Gasteiger partial charge on any atom is -0.392 e. The molecule has 0 bridgehead atoms. The first-order valence-corrected chi connectivity index (χ1v) is 10.3. The topological polar surface area (TPSA) is 44.6 Å². The third-order valence-electron chi connectivity index (χ3n) is 1.59. The average molecular weight is 340 g/mol. The highest BCUT2D eigenvalue weighted by Crippen LogP contribution is 2.00. The van der Waals surface area contributed by atoms with Crippen LogP contribution in [0.2, 0.25) is 19.6 Å². The maximum absolute atomic E-state index is 9.09. The Hall–Kier alpha value is 0.117. The molecular weight excluding hydrogens is 319 g/mol. The minimum absolute atomic E-state index is 0.00726. The van der Waals surface area contributed by atoms with Crippen molar-refractivity contribution in [1.82, 2.24) is 5.32 Å². The summed E-state index contributed by atoms with van der Waals surface area (Å²) in [4.78, 5) is 4.31. The van der Waals surface area contributed by atoms with Crippen LogP contribution in [0.1, 0.15) is 6.92 Å². The molecule has 0 aromatic rings. The SMILES string of the molecule is C/C(CI)=N\C(=C/NC[Si](C)(C)C)CO. The molecule has 0 spiro atoms. The summed E-state index contributed by atoms with van der Waals surface area (Å²) >= 11 is 2.26. The number of nitrogens with zero attached hydrogens (tertiary/aromatic N) is 1. The van der Waals surface area contributed by atoms with Gasteiger partial charge < -0.3 is 10.4 Å². The van der Waals surface area contributed by atoms with Gasteiger partial charge in [0, 0.05) is 22.5 Å². The van der Waals surface area contributed by atoms with E-state index in [1.165, 1.54) is 0 Å². The van der Waals surface area contributed by atoms with E-state index < -0.39 is 8.07 Å². The Labute approximate surface area is 107 Å². The van der Waals surface area contributed by atoms with Crippen molar-refractivity contribution in [3.8, 4) is 0 Å². The second kappa shape index (κ2) is 7.40. The summed E-state index contributed by atoms with van der Waals surface area (Å²) in [7, 11) is -1.07. The van der Waals surface area contributed by atoms with Crippen LogP contribution in [0.15, 0.2) is 16.9 Å². The number of rotatable bonds is 6. The van der Waals surface area contributed by atoms with Gasteiger partial charge in [-0.1, -0.05) is 42.2 Å². The Bertz CT molecular complexity index is 246. The summed E-state index contributed by atoms with van der Waals surface area (Å²) in [5, 5.41) is 12.3. The zero-order chi connectivity index (χ0) is 11.9. The third-order valence-corrected chi connectivity index (χ3v) is 3.96. The van der Waals surface area contributed by atoms with E-state index in [0.717, 1.165) is 16.3 Å². The fourth-order valence-electron chi connectivity index (χ4n) is 0.863. The maximum atomic E-state index is 9.09. The lowest BCUT2D eigenvalue weighted by Gasteiger charge is -2.15. The molecule has 0 radical (unpaired) electrons. The van der Waals surface area contributed by atoms with Gasteiger partial charge in [-0.3, -0.25) is 4.99 Å². The van der Waals surface area contributed by atoms with Crippen molar-refractivity contribution in [3.63, 3.8) is 0 Å². The van der Waals surface area contributed by atoms with Gasteiger partial charge in [0.25, 0.3) is 0 Å².